The minimum absolute atomic E-state index is 0.106. The van der Waals surface area contributed by atoms with Crippen LogP contribution >= 0.6 is 46.2 Å². The Hall–Kier alpha value is -0.900. The first kappa shape index (κ1) is 18.9. The van der Waals surface area contributed by atoms with Gasteiger partial charge < -0.3 is 4.90 Å². The monoisotopic (exact) mass is 417 g/mol. The molecular weight excluding hydrogens is 402 g/mol. The zero-order valence-electron chi connectivity index (χ0n) is 13.3. The van der Waals surface area contributed by atoms with Gasteiger partial charge in [-0.15, -0.1) is 0 Å². The van der Waals surface area contributed by atoms with Gasteiger partial charge in [-0.2, -0.15) is 10.6 Å². The molecule has 0 bridgehead atoms. The van der Waals surface area contributed by atoms with Gasteiger partial charge in [0.15, 0.2) is 0 Å². The van der Waals surface area contributed by atoms with Crippen LogP contribution in [0.1, 0.15) is 27.1 Å². The van der Waals surface area contributed by atoms with Crippen molar-refractivity contribution in [3.63, 3.8) is 0 Å². The van der Waals surface area contributed by atoms with E-state index in [4.69, 9.17) is 23.8 Å². The van der Waals surface area contributed by atoms with Crippen LogP contribution in [0.15, 0.2) is 34.2 Å². The van der Waals surface area contributed by atoms with Crippen molar-refractivity contribution < 1.29 is 18.7 Å². The molecule has 1 saturated heterocycles. The van der Waals surface area contributed by atoms with E-state index in [1.54, 1.807) is 36.2 Å². The van der Waals surface area contributed by atoms with Crippen molar-refractivity contribution in [1.82, 2.24) is 4.90 Å². The van der Waals surface area contributed by atoms with E-state index in [1.807, 2.05) is 0 Å². The van der Waals surface area contributed by atoms with Gasteiger partial charge in [-0.1, -0.05) is 59.8 Å². The summed E-state index contributed by atoms with van der Waals surface area (Å²) in [5, 5.41) is -0.125. The lowest BCUT2D eigenvalue weighted by atomic mass is 9.95. The van der Waals surface area contributed by atoms with E-state index in [9.17, 15) is 18.7 Å². The number of hydrogen-bond donors (Lipinski definition) is 2. The molecule has 1 aromatic rings. The molecule has 2 aliphatic rings. The maximum Gasteiger partial charge on any atom is 0.206 e. The molecule has 9 heteroatoms. The number of ketones is 2. The van der Waals surface area contributed by atoms with Crippen molar-refractivity contribution in [1.29, 1.82) is 0 Å². The average molecular weight is 418 g/mol. The normalized spacial score (nSPS) is 23.4. The van der Waals surface area contributed by atoms with Gasteiger partial charge >= 0.3 is 0 Å². The molecule has 1 heterocycles. The summed E-state index contributed by atoms with van der Waals surface area (Å²) in [6, 6.07) is 6.44. The summed E-state index contributed by atoms with van der Waals surface area (Å²) in [7, 11) is -0.799. The van der Waals surface area contributed by atoms with Crippen molar-refractivity contribution >= 4 is 62.1 Å². The molecule has 0 amide bonds. The van der Waals surface area contributed by atoms with E-state index in [0.29, 0.717) is 27.6 Å². The van der Waals surface area contributed by atoms with Gasteiger partial charge in [0.05, 0.1) is 10.7 Å². The molecule has 1 atom stereocenters. The second kappa shape index (κ2) is 7.02. The van der Waals surface area contributed by atoms with Gasteiger partial charge in [-0.25, -0.2) is 0 Å². The number of thioether (sulfide) groups is 1. The lowest BCUT2D eigenvalue weighted by molar-refractivity contribution is 0.0987. The molecule has 1 aliphatic carbocycles. The van der Waals surface area contributed by atoms with E-state index in [2.05, 4.69) is 0 Å². The number of carbonyl (C=O) groups excluding carboxylic acids is 2. The van der Waals surface area contributed by atoms with Gasteiger partial charge in [0, 0.05) is 30.0 Å². The summed E-state index contributed by atoms with van der Waals surface area (Å²) < 4.78 is 19.9. The first-order valence-electron chi connectivity index (χ1n) is 7.47. The lowest BCUT2D eigenvalue weighted by Crippen LogP contribution is -2.35. The van der Waals surface area contributed by atoms with Crippen LogP contribution in [0.3, 0.4) is 0 Å². The molecule has 3 rings (SSSR count). The Labute approximate surface area is 161 Å². The van der Waals surface area contributed by atoms with Crippen LogP contribution in [-0.2, 0) is 0 Å². The zero-order valence-corrected chi connectivity index (χ0v) is 16.5. The molecule has 0 spiro atoms. The largest absolute Gasteiger partial charge is 0.356 e. The second-order valence-electron chi connectivity index (χ2n) is 5.94. The van der Waals surface area contributed by atoms with Gasteiger partial charge in [0.25, 0.3) is 0 Å². The highest BCUT2D eigenvalue weighted by atomic mass is 35.5. The maximum atomic E-state index is 12.7. The van der Waals surface area contributed by atoms with E-state index in [0.717, 1.165) is 11.8 Å². The highest BCUT2D eigenvalue weighted by Crippen LogP contribution is 2.47. The Balaban J connectivity index is 1.80. The number of Topliss-reactive ketones (excluding diaryl/α,β-unsaturated/α-hetero) is 2. The van der Waals surface area contributed by atoms with Gasteiger partial charge in [-0.05, 0) is 6.42 Å². The summed E-state index contributed by atoms with van der Waals surface area (Å²) >= 11 is 12.5. The highest BCUT2D eigenvalue weighted by Gasteiger charge is 2.35. The first-order chi connectivity index (χ1) is 11.7. The second-order valence-corrected chi connectivity index (χ2v) is 10.3. The molecule has 1 fully saturated rings. The van der Waals surface area contributed by atoms with Crippen LogP contribution in [-0.4, -0.2) is 54.5 Å². The van der Waals surface area contributed by atoms with Crippen molar-refractivity contribution in [2.24, 2.45) is 0 Å². The SMILES string of the molecule is CN(C(=S)SC1=C(Cl)C(=O)c2ccccc2C1=O)C1CCS(O)(O)C1. The van der Waals surface area contributed by atoms with E-state index >= 15 is 0 Å². The molecule has 25 heavy (non-hydrogen) atoms. The Morgan fingerprint density at radius 3 is 2.44 bits per heavy atom. The van der Waals surface area contributed by atoms with Gasteiger partial charge in [0.2, 0.25) is 11.6 Å². The highest BCUT2D eigenvalue weighted by molar-refractivity contribution is 8.26. The third-order valence-electron chi connectivity index (χ3n) is 4.28. The Morgan fingerprint density at radius 1 is 1.28 bits per heavy atom. The number of benzene rings is 1. The number of hydrogen-bond acceptors (Lipinski definition) is 6. The number of fused-ring (bicyclic) bond motifs is 1. The molecule has 1 unspecified atom stereocenters. The molecule has 134 valence electrons. The molecule has 1 aliphatic heterocycles. The van der Waals surface area contributed by atoms with Crippen molar-refractivity contribution in [2.45, 2.75) is 12.5 Å². The quantitative estimate of drug-likeness (QED) is 0.704. The van der Waals surface area contributed by atoms with E-state index in [-0.39, 0.29) is 33.3 Å². The summed E-state index contributed by atoms with van der Waals surface area (Å²) in [5.74, 6) is -0.104. The summed E-state index contributed by atoms with van der Waals surface area (Å²) in [4.78, 5) is 26.9. The third kappa shape index (κ3) is 3.65. The van der Waals surface area contributed by atoms with E-state index < -0.39 is 10.6 Å². The number of nitrogens with zero attached hydrogens (tertiary/aromatic N) is 1. The number of allylic oxidation sites excluding steroid dienone is 2. The minimum Gasteiger partial charge on any atom is -0.356 e. The molecular formula is C16H16ClNO4S3. The molecule has 2 N–H and O–H groups in total. The number of thiocarbonyl (C=S) groups is 1. The van der Waals surface area contributed by atoms with Gasteiger partial charge in [0.1, 0.15) is 9.35 Å². The summed E-state index contributed by atoms with van der Waals surface area (Å²) in [6.45, 7) is 0. The number of carbonyl (C=O) groups is 2. The summed E-state index contributed by atoms with van der Waals surface area (Å²) in [5.41, 5.74) is 0.616. The Bertz CT molecular complexity index is 808. The third-order valence-corrected chi connectivity index (χ3v) is 8.16. The van der Waals surface area contributed by atoms with Crippen molar-refractivity contribution in [3.8, 4) is 0 Å². The van der Waals surface area contributed by atoms with Crippen LogP contribution < -0.4 is 0 Å². The Morgan fingerprint density at radius 2 is 1.88 bits per heavy atom. The first-order valence-corrected chi connectivity index (χ1v) is 11.0. The molecule has 1 aromatic carbocycles. The molecule has 0 aromatic heterocycles. The lowest BCUT2D eigenvalue weighted by Gasteiger charge is -2.30. The van der Waals surface area contributed by atoms with E-state index in [1.165, 1.54) is 0 Å². The van der Waals surface area contributed by atoms with Crippen LogP contribution in [0.5, 0.6) is 0 Å². The molecule has 0 radical (unpaired) electrons. The van der Waals surface area contributed by atoms with Crippen LogP contribution in [0.4, 0.5) is 0 Å². The number of halogens is 1. The average Bonchev–Trinajstić information content (AvgIpc) is 2.95. The number of rotatable bonds is 2. The zero-order chi connectivity index (χ0) is 18.4. The smallest absolute Gasteiger partial charge is 0.206 e. The molecule has 0 saturated carbocycles. The summed E-state index contributed by atoms with van der Waals surface area (Å²) in [6.07, 6.45) is 0.613. The predicted octanol–water partition coefficient (Wildman–Crippen LogP) is 3.99. The topological polar surface area (TPSA) is 77.8 Å². The molecule has 5 nitrogen and oxygen atoms in total. The maximum absolute atomic E-state index is 12.7. The standard InChI is InChI=1S/C16H16ClNO4S3/c1-18(9-6-7-25(21,22)8-9)16(23)24-15-12(17)13(19)10-4-2-3-5-11(10)14(15)20/h2-5,9,21-22H,6-8H2,1H3. The van der Waals surface area contributed by atoms with Crippen LogP contribution in [0, 0.1) is 0 Å². The van der Waals surface area contributed by atoms with Crippen molar-refractivity contribution in [2.75, 3.05) is 18.6 Å². The fourth-order valence-corrected chi connectivity index (χ4v) is 6.20. The fraction of sp³-hybridized carbons (Fsp3) is 0.312. The van der Waals surface area contributed by atoms with Crippen molar-refractivity contribution in [3.05, 3.63) is 45.3 Å². The fourth-order valence-electron chi connectivity index (χ4n) is 2.83. The van der Waals surface area contributed by atoms with Gasteiger partial charge in [-0.3, -0.25) is 18.7 Å². The minimum atomic E-state index is -2.55. The van der Waals surface area contributed by atoms with Crippen LogP contribution in [0.25, 0.3) is 0 Å². The Kier molecular flexibility index (Phi) is 5.30. The predicted molar refractivity (Wildman–Crippen MR) is 107 cm³/mol. The van der Waals surface area contributed by atoms with Crippen LogP contribution in [0.2, 0.25) is 0 Å².